The molecule has 0 spiro atoms. The molecule has 0 aromatic heterocycles. The van der Waals surface area contributed by atoms with Crippen LogP contribution < -0.4 is 5.32 Å². The second-order valence-corrected chi connectivity index (χ2v) is 22.9. The Kier molecular flexibility index (Phi) is 40.1. The van der Waals surface area contributed by atoms with Gasteiger partial charge in [0.1, 0.15) is 73.2 Å². The Hall–Kier alpha value is -1.47. The predicted molar refractivity (Wildman–Crippen MR) is 300 cm³/mol. The van der Waals surface area contributed by atoms with Gasteiger partial charge in [0.2, 0.25) is 5.91 Å². The van der Waals surface area contributed by atoms with Crippen LogP contribution >= 0.6 is 0 Å². The summed E-state index contributed by atoms with van der Waals surface area (Å²) in [7, 11) is 0. The molecular weight excluding hydrogens is 1020 g/mol. The van der Waals surface area contributed by atoms with Crippen LogP contribution in [0, 0.1) is 0 Å². The van der Waals surface area contributed by atoms with Crippen LogP contribution in [0.2, 0.25) is 0 Å². The molecule has 19 nitrogen and oxygen atoms in total. The molecule has 3 saturated heterocycles. The highest BCUT2D eigenvalue weighted by Gasteiger charge is 2.53. The van der Waals surface area contributed by atoms with Crippen molar-refractivity contribution in [2.45, 2.75) is 336 Å². The van der Waals surface area contributed by atoms with E-state index in [4.69, 9.17) is 28.4 Å². The molecule has 0 radical (unpaired) electrons. The van der Waals surface area contributed by atoms with Crippen molar-refractivity contribution in [3.63, 3.8) is 0 Å². The van der Waals surface area contributed by atoms with E-state index in [9.17, 15) is 61.0 Å². The molecule has 3 aliphatic heterocycles. The molecule has 17 atom stereocenters. The number of carbonyl (C=O) groups excluding carboxylic acids is 1. The smallest absolute Gasteiger partial charge is 0.220 e. The van der Waals surface area contributed by atoms with Gasteiger partial charge in [-0.1, -0.05) is 219 Å². The van der Waals surface area contributed by atoms with E-state index < -0.39 is 124 Å². The van der Waals surface area contributed by atoms with E-state index in [1.54, 1.807) is 6.08 Å². The van der Waals surface area contributed by atoms with Gasteiger partial charge < -0.3 is 89.9 Å². The Morgan fingerprint density at radius 3 is 1.16 bits per heavy atom. The Morgan fingerprint density at radius 1 is 0.443 bits per heavy atom. The molecule has 0 bridgehead atoms. The van der Waals surface area contributed by atoms with Gasteiger partial charge in [0, 0.05) is 6.42 Å². The minimum absolute atomic E-state index is 0.195. The van der Waals surface area contributed by atoms with Crippen LogP contribution in [-0.2, 0) is 33.2 Å². The van der Waals surface area contributed by atoms with Gasteiger partial charge in [0.05, 0.1) is 38.6 Å². The first-order valence-electron chi connectivity index (χ1n) is 31.4. The average molecular weight is 1140 g/mol. The Labute approximate surface area is 474 Å². The lowest BCUT2D eigenvalue weighted by Gasteiger charge is -2.48. The molecule has 19 heteroatoms. The number of nitrogens with one attached hydrogen (secondary N) is 1. The quantitative estimate of drug-likeness (QED) is 0.0240. The van der Waals surface area contributed by atoms with Gasteiger partial charge in [-0.05, 0) is 19.3 Å². The monoisotopic (exact) mass is 1140 g/mol. The molecule has 0 aromatic carbocycles. The zero-order valence-corrected chi connectivity index (χ0v) is 48.6. The normalized spacial score (nSPS) is 30.3. The van der Waals surface area contributed by atoms with Crippen LogP contribution in [0.5, 0.6) is 0 Å². The van der Waals surface area contributed by atoms with Crippen molar-refractivity contribution in [1.82, 2.24) is 5.32 Å². The van der Waals surface area contributed by atoms with Crippen molar-refractivity contribution in [2.75, 3.05) is 26.4 Å². The maximum atomic E-state index is 12.7. The first kappa shape index (κ1) is 71.8. The molecule has 12 N–H and O–H groups in total. The zero-order chi connectivity index (χ0) is 57.6. The molecule has 1 amide bonds. The second kappa shape index (κ2) is 44.1. The van der Waals surface area contributed by atoms with Crippen molar-refractivity contribution in [1.29, 1.82) is 0 Å². The number of hydrogen-bond donors (Lipinski definition) is 12. The minimum atomic E-state index is -1.97. The van der Waals surface area contributed by atoms with Crippen LogP contribution in [-0.4, -0.2) is 193 Å². The van der Waals surface area contributed by atoms with Crippen LogP contribution in [0.3, 0.4) is 0 Å². The standard InChI is InChI=1S/C60H113NO18/c1-3-5-6-7-8-9-10-11-12-13-14-15-16-17-18-19-20-21-22-23-24-25-26-27-28-29-30-31-32-33-34-35-36-38-44(65)43(61-48(66)37-4-2)42-74-58-54(72)51(69)56(46(40-63)76-58)79-60-55(73)52(70)57(47(41-64)77-60)78-59-53(71)50(68)49(67)45(39-62)75-59/h36,38,43-47,49-60,62-65,67-73H,3-35,37,39-42H2,1-2H3,(H,61,66)/b38-36+. The molecule has 79 heavy (non-hydrogen) atoms. The van der Waals surface area contributed by atoms with E-state index in [0.29, 0.717) is 6.42 Å². The Morgan fingerprint density at radius 2 is 0.785 bits per heavy atom. The van der Waals surface area contributed by atoms with Gasteiger partial charge in [-0.3, -0.25) is 4.79 Å². The number of aliphatic hydroxyl groups is 11. The van der Waals surface area contributed by atoms with Crippen LogP contribution in [0.15, 0.2) is 12.2 Å². The van der Waals surface area contributed by atoms with Gasteiger partial charge in [-0.2, -0.15) is 0 Å². The fourth-order valence-electron chi connectivity index (χ4n) is 10.9. The number of aliphatic hydroxyl groups excluding tert-OH is 11. The van der Waals surface area contributed by atoms with Gasteiger partial charge >= 0.3 is 0 Å². The summed E-state index contributed by atoms with van der Waals surface area (Å²) in [5.41, 5.74) is 0. The highest BCUT2D eigenvalue weighted by molar-refractivity contribution is 5.76. The third-order valence-electron chi connectivity index (χ3n) is 16.1. The third kappa shape index (κ3) is 27.9. The van der Waals surface area contributed by atoms with E-state index in [-0.39, 0.29) is 18.9 Å². The molecule has 3 aliphatic rings. The summed E-state index contributed by atoms with van der Waals surface area (Å²) in [5, 5.41) is 119. The SMILES string of the molecule is CCCCCCCCCCCCCCCCCCCCCCCCCCCCCCCCC/C=C/C(O)C(COC1OC(CO)C(OC2OC(CO)C(OC3OC(CO)C(O)C(O)C3O)C(O)C2O)C(O)C1O)NC(=O)CCC. The van der Waals surface area contributed by atoms with E-state index in [1.165, 1.54) is 180 Å². The van der Waals surface area contributed by atoms with E-state index in [2.05, 4.69) is 12.2 Å². The summed E-state index contributed by atoms with van der Waals surface area (Å²) in [6.45, 7) is 1.35. The Balaban J connectivity index is 1.24. The molecule has 3 fully saturated rings. The molecule has 0 aromatic rings. The Bertz CT molecular complexity index is 1500. The first-order chi connectivity index (χ1) is 38.3. The van der Waals surface area contributed by atoms with E-state index in [0.717, 1.165) is 25.7 Å². The van der Waals surface area contributed by atoms with Crippen molar-refractivity contribution < 1.29 is 89.4 Å². The lowest BCUT2D eigenvalue weighted by Crippen LogP contribution is -2.66. The fraction of sp³-hybridized carbons (Fsp3) is 0.950. The maximum Gasteiger partial charge on any atom is 0.220 e. The molecular formula is C60H113NO18. The van der Waals surface area contributed by atoms with E-state index in [1.807, 2.05) is 13.0 Å². The lowest BCUT2D eigenvalue weighted by molar-refractivity contribution is -0.379. The third-order valence-corrected chi connectivity index (χ3v) is 16.1. The number of carbonyl (C=O) groups is 1. The fourth-order valence-corrected chi connectivity index (χ4v) is 10.9. The second-order valence-electron chi connectivity index (χ2n) is 22.9. The number of allylic oxidation sites excluding steroid dienone is 1. The number of ether oxygens (including phenoxy) is 6. The minimum Gasteiger partial charge on any atom is -0.394 e. The molecule has 17 unspecified atom stereocenters. The highest BCUT2D eigenvalue weighted by atomic mass is 16.8. The summed E-state index contributed by atoms with van der Waals surface area (Å²) in [5.74, 6) is -0.327. The molecule has 3 heterocycles. The molecule has 466 valence electrons. The zero-order valence-electron chi connectivity index (χ0n) is 48.6. The molecule has 0 aliphatic carbocycles. The topological polar surface area (TPSA) is 307 Å². The molecule has 3 rings (SSSR count). The van der Waals surface area contributed by atoms with E-state index >= 15 is 0 Å². The van der Waals surface area contributed by atoms with Crippen molar-refractivity contribution in [2.24, 2.45) is 0 Å². The summed E-state index contributed by atoms with van der Waals surface area (Å²) in [6.07, 6.45) is 20.3. The predicted octanol–water partition coefficient (Wildman–Crippen LogP) is 6.16. The van der Waals surface area contributed by atoms with Crippen LogP contribution in [0.1, 0.15) is 232 Å². The van der Waals surface area contributed by atoms with Crippen molar-refractivity contribution in [3.05, 3.63) is 12.2 Å². The number of hydrogen-bond acceptors (Lipinski definition) is 18. The summed E-state index contributed by atoms with van der Waals surface area (Å²) < 4.78 is 33.9. The highest BCUT2D eigenvalue weighted by Crippen LogP contribution is 2.33. The summed E-state index contributed by atoms with van der Waals surface area (Å²) in [4.78, 5) is 12.7. The maximum absolute atomic E-state index is 12.7. The van der Waals surface area contributed by atoms with Gasteiger partial charge in [-0.25, -0.2) is 0 Å². The van der Waals surface area contributed by atoms with Crippen LogP contribution in [0.4, 0.5) is 0 Å². The summed E-state index contributed by atoms with van der Waals surface area (Å²) >= 11 is 0. The largest absolute Gasteiger partial charge is 0.394 e. The number of amides is 1. The van der Waals surface area contributed by atoms with Crippen molar-refractivity contribution in [3.8, 4) is 0 Å². The number of unbranched alkanes of at least 4 members (excludes halogenated alkanes) is 31. The van der Waals surface area contributed by atoms with Crippen LogP contribution in [0.25, 0.3) is 0 Å². The first-order valence-corrected chi connectivity index (χ1v) is 31.4. The van der Waals surface area contributed by atoms with Gasteiger partial charge in [0.25, 0.3) is 0 Å². The van der Waals surface area contributed by atoms with Gasteiger partial charge in [0.15, 0.2) is 18.9 Å². The lowest BCUT2D eigenvalue weighted by atomic mass is 9.96. The van der Waals surface area contributed by atoms with Gasteiger partial charge in [-0.15, -0.1) is 0 Å². The summed E-state index contributed by atoms with van der Waals surface area (Å²) in [6, 6.07) is -0.964. The average Bonchev–Trinajstić information content (AvgIpc) is 3.49. The van der Waals surface area contributed by atoms with Crippen molar-refractivity contribution >= 4 is 5.91 Å². The molecule has 0 saturated carbocycles. The number of rotatable bonds is 47.